The summed E-state index contributed by atoms with van der Waals surface area (Å²) in [7, 11) is 3.62. The molecule has 0 aromatic carbocycles. The maximum absolute atomic E-state index is 13.5. The molecule has 0 unspecified atom stereocenters. The van der Waals surface area contributed by atoms with Crippen molar-refractivity contribution >= 4 is 11.9 Å². The number of carbonyl (C=O) groups excluding carboxylic acids is 1. The van der Waals surface area contributed by atoms with E-state index in [0.717, 1.165) is 62.6 Å². The first-order valence-corrected chi connectivity index (χ1v) is 16.5. The normalized spacial score (nSPS) is 43.5. The number of nitrogens with zero attached hydrogens (tertiary/aromatic N) is 3. The van der Waals surface area contributed by atoms with Crippen LogP contribution in [0.4, 0.5) is 0 Å². The third kappa shape index (κ3) is 3.56. The van der Waals surface area contributed by atoms with Crippen molar-refractivity contribution in [3.63, 3.8) is 0 Å². The zero-order valence-electron chi connectivity index (χ0n) is 27.7. The first-order chi connectivity index (χ1) is 19.5. The predicted octanol–water partition coefficient (Wildman–Crippen LogP) is 7.24. The number of carboxylic acid groups (broad SMARTS) is 1. The summed E-state index contributed by atoms with van der Waals surface area (Å²) in [4.78, 5) is 37.9. The van der Waals surface area contributed by atoms with E-state index in [4.69, 9.17) is 9.97 Å². The molecule has 6 heteroatoms. The van der Waals surface area contributed by atoms with Gasteiger partial charge < -0.3 is 10.0 Å². The summed E-state index contributed by atoms with van der Waals surface area (Å²) in [6.07, 6.45) is 10.2. The minimum Gasteiger partial charge on any atom is -0.481 e. The van der Waals surface area contributed by atoms with E-state index in [9.17, 15) is 14.7 Å². The van der Waals surface area contributed by atoms with Crippen LogP contribution in [0.1, 0.15) is 121 Å². The van der Waals surface area contributed by atoms with Gasteiger partial charge in [-0.3, -0.25) is 9.59 Å². The fraction of sp³-hybridized carbons (Fsp3) is 0.778. The number of hydrogen-bond donors (Lipinski definition) is 1. The topological polar surface area (TPSA) is 83.4 Å². The van der Waals surface area contributed by atoms with E-state index in [2.05, 4.69) is 54.5 Å². The standard InChI is InChI=1S/C36H53N3O3/c1-20-13-16-36(31(41)42)18-17-34(7)24(27(36)21(20)2)11-12-26-33(6)19-23-28(30(40)39(9)10)37-22(3)38-29(23)32(4,5)25(33)14-15-35(26,34)8/h11,20-21,25-27H,12-19H2,1-10H3,(H,41,42)/t20-,21+,25+,26-,27+,33+,34-,35-,36+/m1/s1. The smallest absolute Gasteiger partial charge is 0.310 e. The van der Waals surface area contributed by atoms with Crippen LogP contribution in [0.15, 0.2) is 11.6 Å². The maximum Gasteiger partial charge on any atom is 0.310 e. The molecule has 1 aromatic rings. The average molecular weight is 576 g/mol. The van der Waals surface area contributed by atoms with Crippen molar-refractivity contribution in [3.05, 3.63) is 34.4 Å². The van der Waals surface area contributed by atoms with Crippen LogP contribution in [0, 0.1) is 58.2 Å². The molecule has 0 aliphatic heterocycles. The van der Waals surface area contributed by atoms with Crippen LogP contribution >= 0.6 is 0 Å². The third-order valence-electron chi connectivity index (χ3n) is 14.4. The average Bonchev–Trinajstić information content (AvgIpc) is 2.90. The first kappa shape index (κ1) is 29.8. The highest BCUT2D eigenvalue weighted by Crippen LogP contribution is 2.75. The van der Waals surface area contributed by atoms with Crippen LogP contribution in [-0.2, 0) is 16.6 Å². The first-order valence-electron chi connectivity index (χ1n) is 16.5. The Balaban J connectivity index is 1.50. The van der Waals surface area contributed by atoms with Gasteiger partial charge in [0.1, 0.15) is 11.5 Å². The highest BCUT2D eigenvalue weighted by atomic mass is 16.4. The van der Waals surface area contributed by atoms with E-state index in [-0.39, 0.29) is 33.5 Å². The second kappa shape index (κ2) is 9.14. The number of fused-ring (bicyclic) bond motifs is 8. The van der Waals surface area contributed by atoms with Crippen molar-refractivity contribution in [2.75, 3.05) is 14.1 Å². The predicted molar refractivity (Wildman–Crippen MR) is 165 cm³/mol. The van der Waals surface area contributed by atoms with Crippen molar-refractivity contribution in [3.8, 4) is 0 Å². The maximum atomic E-state index is 13.5. The number of carboxylic acids is 1. The summed E-state index contributed by atoms with van der Waals surface area (Å²) in [5.41, 5.74) is 3.36. The Morgan fingerprint density at radius 2 is 1.64 bits per heavy atom. The molecule has 0 bridgehead atoms. The molecule has 5 aliphatic carbocycles. The number of amides is 1. The van der Waals surface area contributed by atoms with Crippen molar-refractivity contribution in [1.29, 1.82) is 0 Å². The van der Waals surface area contributed by atoms with Crippen molar-refractivity contribution in [1.82, 2.24) is 14.9 Å². The monoisotopic (exact) mass is 575 g/mol. The summed E-state index contributed by atoms with van der Waals surface area (Å²) >= 11 is 0. The second-order valence-electron chi connectivity index (χ2n) is 16.7. The molecule has 230 valence electrons. The molecule has 0 saturated heterocycles. The number of carbonyl (C=O) groups is 2. The van der Waals surface area contributed by atoms with Crippen LogP contribution in [0.3, 0.4) is 0 Å². The quantitative estimate of drug-likeness (QED) is 0.376. The van der Waals surface area contributed by atoms with Gasteiger partial charge in [-0.2, -0.15) is 0 Å². The largest absolute Gasteiger partial charge is 0.481 e. The summed E-state index contributed by atoms with van der Waals surface area (Å²) < 4.78 is 0. The number of aromatic nitrogens is 2. The Bertz CT molecular complexity index is 1380. The van der Waals surface area contributed by atoms with Gasteiger partial charge in [-0.15, -0.1) is 0 Å². The van der Waals surface area contributed by atoms with E-state index >= 15 is 0 Å². The lowest BCUT2D eigenvalue weighted by molar-refractivity contribution is -0.179. The van der Waals surface area contributed by atoms with Gasteiger partial charge in [-0.1, -0.05) is 60.1 Å². The molecule has 6 rings (SSSR count). The highest BCUT2D eigenvalue weighted by molar-refractivity contribution is 5.93. The number of aliphatic carboxylic acids is 1. The Morgan fingerprint density at radius 1 is 0.952 bits per heavy atom. The van der Waals surface area contributed by atoms with E-state index in [0.29, 0.717) is 35.2 Å². The Kier molecular flexibility index (Phi) is 6.49. The summed E-state index contributed by atoms with van der Waals surface area (Å²) in [5, 5.41) is 10.7. The lowest BCUT2D eigenvalue weighted by Gasteiger charge is -2.70. The van der Waals surface area contributed by atoms with E-state index in [1.54, 1.807) is 4.90 Å². The molecule has 1 heterocycles. The lowest BCUT2D eigenvalue weighted by Crippen LogP contribution is -2.65. The van der Waals surface area contributed by atoms with Gasteiger partial charge in [0, 0.05) is 25.1 Å². The minimum atomic E-state index is -0.621. The Morgan fingerprint density at radius 3 is 2.29 bits per heavy atom. The van der Waals surface area contributed by atoms with Gasteiger partial charge in [-0.05, 0) is 104 Å². The van der Waals surface area contributed by atoms with E-state index < -0.39 is 11.4 Å². The van der Waals surface area contributed by atoms with Crippen LogP contribution in [0.2, 0.25) is 0 Å². The van der Waals surface area contributed by atoms with Gasteiger partial charge in [0.05, 0.1) is 11.1 Å². The lowest BCUT2D eigenvalue weighted by atomic mass is 9.33. The molecule has 1 amide bonds. The molecule has 1 aromatic heterocycles. The zero-order chi connectivity index (χ0) is 30.8. The summed E-state index contributed by atoms with van der Waals surface area (Å²) in [5.74, 6) is 1.96. The molecular formula is C36H53N3O3. The summed E-state index contributed by atoms with van der Waals surface area (Å²) in [6.45, 7) is 18.8. The van der Waals surface area contributed by atoms with Gasteiger partial charge in [0.15, 0.2) is 0 Å². The molecule has 9 atom stereocenters. The molecular weight excluding hydrogens is 522 g/mol. The van der Waals surface area contributed by atoms with Crippen LogP contribution in [-0.4, -0.2) is 45.9 Å². The highest BCUT2D eigenvalue weighted by Gasteiger charge is 2.69. The van der Waals surface area contributed by atoms with Crippen LogP contribution < -0.4 is 0 Å². The van der Waals surface area contributed by atoms with Crippen LogP contribution in [0.25, 0.3) is 0 Å². The third-order valence-corrected chi connectivity index (χ3v) is 14.4. The van der Waals surface area contributed by atoms with Crippen molar-refractivity contribution in [2.45, 2.75) is 112 Å². The fourth-order valence-corrected chi connectivity index (χ4v) is 11.9. The molecule has 42 heavy (non-hydrogen) atoms. The van der Waals surface area contributed by atoms with Gasteiger partial charge in [-0.25, -0.2) is 9.97 Å². The molecule has 3 fully saturated rings. The second-order valence-corrected chi connectivity index (χ2v) is 16.7. The van der Waals surface area contributed by atoms with Crippen molar-refractivity contribution < 1.29 is 14.7 Å². The minimum absolute atomic E-state index is 0.0265. The molecule has 5 aliphatic rings. The molecule has 6 nitrogen and oxygen atoms in total. The molecule has 0 radical (unpaired) electrons. The van der Waals surface area contributed by atoms with Crippen LogP contribution in [0.5, 0.6) is 0 Å². The number of aryl methyl sites for hydroxylation is 1. The van der Waals surface area contributed by atoms with E-state index in [1.807, 2.05) is 21.0 Å². The van der Waals surface area contributed by atoms with Gasteiger partial charge in [0.2, 0.25) is 0 Å². The Labute approximate surface area is 253 Å². The number of hydrogen-bond acceptors (Lipinski definition) is 4. The summed E-state index contributed by atoms with van der Waals surface area (Å²) in [6, 6.07) is 0. The molecule has 0 spiro atoms. The fourth-order valence-electron chi connectivity index (χ4n) is 11.9. The zero-order valence-corrected chi connectivity index (χ0v) is 27.7. The number of allylic oxidation sites excluding steroid dienone is 2. The molecule has 3 saturated carbocycles. The Hall–Kier alpha value is -2.24. The SMILES string of the molecule is Cc1nc(C(=O)N(C)C)c2c(n1)C(C)(C)[C@@H]1CC[C@]3(C)[C@H](CC=C4[C@@H]5[C@@H](C)[C@H](C)CC[C@]5(C(=O)O)CC[C@]43C)[C@@]1(C)C2. The van der Waals surface area contributed by atoms with E-state index in [1.165, 1.54) is 5.57 Å². The van der Waals surface area contributed by atoms with Gasteiger partial charge >= 0.3 is 5.97 Å². The van der Waals surface area contributed by atoms with Gasteiger partial charge in [0.25, 0.3) is 5.91 Å². The number of rotatable bonds is 2. The molecule has 1 N–H and O–H groups in total. The van der Waals surface area contributed by atoms with Crippen molar-refractivity contribution in [2.24, 2.45) is 51.2 Å².